The van der Waals surface area contributed by atoms with E-state index >= 15 is 0 Å². The Bertz CT molecular complexity index is 693. The first-order valence-corrected chi connectivity index (χ1v) is 8.93. The fourth-order valence-corrected chi connectivity index (χ4v) is 4.22. The number of hydrogen-bond donors (Lipinski definition) is 1. The van der Waals surface area contributed by atoms with Gasteiger partial charge in [-0.1, -0.05) is 6.92 Å². The minimum atomic E-state index is -3.52. The van der Waals surface area contributed by atoms with Crippen molar-refractivity contribution >= 4 is 21.6 Å². The number of sulfonamides is 1. The Balaban J connectivity index is 1.89. The smallest absolute Gasteiger partial charge is 0.265 e. The third-order valence-electron chi connectivity index (χ3n) is 4.26. The highest BCUT2D eigenvalue weighted by Crippen LogP contribution is 2.33. The Kier molecular flexibility index (Phi) is 3.86. The monoisotopic (exact) mass is 324 g/mol. The summed E-state index contributed by atoms with van der Waals surface area (Å²) in [4.78, 5) is 11.9. The van der Waals surface area contributed by atoms with Crippen molar-refractivity contribution < 1.29 is 17.9 Å². The van der Waals surface area contributed by atoms with Crippen LogP contribution in [0.4, 0.5) is 5.69 Å². The fraction of sp³-hybridized carbons (Fsp3) is 0.533. The number of amides is 1. The molecule has 22 heavy (non-hydrogen) atoms. The van der Waals surface area contributed by atoms with Gasteiger partial charge in [0.05, 0.1) is 10.6 Å². The van der Waals surface area contributed by atoms with Gasteiger partial charge in [-0.25, -0.2) is 8.42 Å². The van der Waals surface area contributed by atoms with Crippen LogP contribution in [-0.4, -0.2) is 37.8 Å². The summed E-state index contributed by atoms with van der Waals surface area (Å²) < 4.78 is 32.4. The second-order valence-corrected chi connectivity index (χ2v) is 7.93. The predicted octanol–water partition coefficient (Wildman–Crippen LogP) is 1.83. The number of carbonyl (C=O) groups excluding carboxylic acids is 1. The van der Waals surface area contributed by atoms with Gasteiger partial charge in [-0.15, -0.1) is 0 Å². The van der Waals surface area contributed by atoms with Crippen molar-refractivity contribution in [2.45, 2.75) is 37.7 Å². The van der Waals surface area contributed by atoms with Crippen LogP contribution in [0.15, 0.2) is 23.1 Å². The van der Waals surface area contributed by atoms with Gasteiger partial charge in [0.25, 0.3) is 5.91 Å². The molecule has 3 rings (SSSR count). The maximum absolute atomic E-state index is 12.7. The molecule has 2 heterocycles. The molecule has 2 aliphatic heterocycles. The van der Waals surface area contributed by atoms with Crippen LogP contribution in [0, 0.1) is 5.92 Å². The lowest BCUT2D eigenvalue weighted by atomic mass is 10.0. The van der Waals surface area contributed by atoms with E-state index in [4.69, 9.17) is 4.74 Å². The number of rotatable bonds is 2. The van der Waals surface area contributed by atoms with Crippen LogP contribution < -0.4 is 10.1 Å². The topological polar surface area (TPSA) is 75.7 Å². The molecule has 2 aliphatic rings. The van der Waals surface area contributed by atoms with Gasteiger partial charge in [-0.2, -0.15) is 4.31 Å². The van der Waals surface area contributed by atoms with Crippen molar-refractivity contribution in [1.82, 2.24) is 4.31 Å². The summed E-state index contributed by atoms with van der Waals surface area (Å²) >= 11 is 0. The Labute approximate surface area is 130 Å². The van der Waals surface area contributed by atoms with E-state index in [1.807, 2.05) is 0 Å². The Morgan fingerprint density at radius 2 is 1.91 bits per heavy atom. The quantitative estimate of drug-likeness (QED) is 0.900. The Morgan fingerprint density at radius 3 is 2.59 bits per heavy atom. The summed E-state index contributed by atoms with van der Waals surface area (Å²) in [7, 11) is -3.52. The zero-order chi connectivity index (χ0) is 15.9. The number of nitrogens with one attached hydrogen (secondary N) is 1. The minimum absolute atomic E-state index is 0.194. The molecule has 1 amide bonds. The minimum Gasteiger partial charge on any atom is -0.479 e. The Hall–Kier alpha value is -1.60. The van der Waals surface area contributed by atoms with Crippen LogP contribution in [0.3, 0.4) is 0 Å². The van der Waals surface area contributed by atoms with E-state index in [2.05, 4.69) is 12.2 Å². The van der Waals surface area contributed by atoms with Crippen molar-refractivity contribution in [2.75, 3.05) is 18.4 Å². The van der Waals surface area contributed by atoms with E-state index in [9.17, 15) is 13.2 Å². The molecule has 1 fully saturated rings. The molecule has 6 nitrogen and oxygen atoms in total. The summed E-state index contributed by atoms with van der Waals surface area (Å²) in [5.41, 5.74) is 0.412. The lowest BCUT2D eigenvalue weighted by Gasteiger charge is -2.30. The van der Waals surface area contributed by atoms with E-state index in [0.717, 1.165) is 12.8 Å². The molecule has 0 radical (unpaired) electrons. The summed E-state index contributed by atoms with van der Waals surface area (Å²) in [6.45, 7) is 4.87. The van der Waals surface area contributed by atoms with Gasteiger partial charge < -0.3 is 10.1 Å². The van der Waals surface area contributed by atoms with Crippen LogP contribution in [0.5, 0.6) is 5.75 Å². The van der Waals surface area contributed by atoms with Crippen LogP contribution in [0.2, 0.25) is 0 Å². The average molecular weight is 324 g/mol. The maximum atomic E-state index is 12.7. The molecule has 0 bridgehead atoms. The average Bonchev–Trinajstić information content (AvgIpc) is 2.48. The molecule has 1 saturated heterocycles. The van der Waals surface area contributed by atoms with Crippen molar-refractivity contribution in [3.63, 3.8) is 0 Å². The molecule has 1 aromatic carbocycles. The number of carbonyl (C=O) groups is 1. The van der Waals surface area contributed by atoms with Gasteiger partial charge in [-0.3, -0.25) is 4.79 Å². The van der Waals surface area contributed by atoms with Crippen molar-refractivity contribution in [3.05, 3.63) is 18.2 Å². The standard InChI is InChI=1S/C15H20N2O4S/c1-10-5-7-17(8-6-10)22(19,20)12-3-4-14-13(9-12)16-15(18)11(2)21-14/h3-4,9-11H,5-8H2,1-2H3,(H,16,18)/t11-/m0/s1. The highest BCUT2D eigenvalue weighted by atomic mass is 32.2. The van der Waals surface area contributed by atoms with Crippen molar-refractivity contribution in [3.8, 4) is 5.75 Å². The lowest BCUT2D eigenvalue weighted by Crippen LogP contribution is -2.38. The molecular weight excluding hydrogens is 304 g/mol. The molecule has 0 saturated carbocycles. The largest absolute Gasteiger partial charge is 0.479 e. The number of ether oxygens (including phenoxy) is 1. The maximum Gasteiger partial charge on any atom is 0.265 e. The van der Waals surface area contributed by atoms with Crippen molar-refractivity contribution in [1.29, 1.82) is 0 Å². The highest BCUT2D eigenvalue weighted by Gasteiger charge is 2.30. The summed E-state index contributed by atoms with van der Waals surface area (Å²) in [5, 5.41) is 2.69. The van der Waals surface area contributed by atoms with Crippen LogP contribution in [0.25, 0.3) is 0 Å². The molecule has 7 heteroatoms. The molecule has 0 aromatic heterocycles. The van der Waals surface area contributed by atoms with E-state index < -0.39 is 16.1 Å². The second-order valence-electron chi connectivity index (χ2n) is 5.99. The lowest BCUT2D eigenvalue weighted by molar-refractivity contribution is -0.122. The molecular formula is C15H20N2O4S. The van der Waals surface area contributed by atoms with Crippen molar-refractivity contribution in [2.24, 2.45) is 5.92 Å². The van der Waals surface area contributed by atoms with Gasteiger partial charge in [0.1, 0.15) is 5.75 Å². The van der Waals surface area contributed by atoms with Gasteiger partial charge in [0.2, 0.25) is 10.0 Å². The third kappa shape index (κ3) is 2.70. The van der Waals surface area contributed by atoms with Crippen LogP contribution >= 0.6 is 0 Å². The highest BCUT2D eigenvalue weighted by molar-refractivity contribution is 7.89. The number of hydrogen-bond acceptors (Lipinski definition) is 4. The summed E-state index contributed by atoms with van der Waals surface area (Å²) in [6, 6.07) is 4.62. The van der Waals surface area contributed by atoms with Crippen LogP contribution in [0.1, 0.15) is 26.7 Å². The molecule has 1 aromatic rings. The molecule has 0 spiro atoms. The van der Waals surface area contributed by atoms with Gasteiger partial charge in [-0.05, 0) is 43.9 Å². The zero-order valence-electron chi connectivity index (χ0n) is 12.7. The SMILES string of the molecule is CC1CCN(S(=O)(=O)c2ccc3c(c2)NC(=O)[C@H](C)O3)CC1. The zero-order valence-corrected chi connectivity index (χ0v) is 13.5. The van der Waals surface area contributed by atoms with Gasteiger partial charge >= 0.3 is 0 Å². The number of nitrogens with zero attached hydrogens (tertiary/aromatic N) is 1. The van der Waals surface area contributed by atoms with Gasteiger partial charge in [0.15, 0.2) is 6.10 Å². The molecule has 1 atom stereocenters. The molecule has 0 unspecified atom stereocenters. The van der Waals surface area contributed by atoms with E-state index in [-0.39, 0.29) is 10.8 Å². The fourth-order valence-electron chi connectivity index (χ4n) is 2.72. The first-order valence-electron chi connectivity index (χ1n) is 7.49. The number of fused-ring (bicyclic) bond motifs is 1. The van der Waals surface area contributed by atoms with Crippen LogP contribution in [-0.2, 0) is 14.8 Å². The first-order chi connectivity index (χ1) is 10.4. The predicted molar refractivity (Wildman–Crippen MR) is 82.3 cm³/mol. The molecule has 1 N–H and O–H groups in total. The summed E-state index contributed by atoms with van der Waals surface area (Å²) in [5.74, 6) is 0.788. The van der Waals surface area contributed by atoms with E-state index in [1.165, 1.54) is 16.4 Å². The molecule has 0 aliphatic carbocycles. The second kappa shape index (κ2) is 5.55. The molecule has 120 valence electrons. The Morgan fingerprint density at radius 1 is 1.23 bits per heavy atom. The number of anilines is 1. The third-order valence-corrected chi connectivity index (χ3v) is 6.16. The van der Waals surface area contributed by atoms with E-state index in [0.29, 0.717) is 30.4 Å². The number of benzene rings is 1. The number of piperidine rings is 1. The van der Waals surface area contributed by atoms with E-state index in [1.54, 1.807) is 13.0 Å². The summed E-state index contributed by atoms with van der Waals surface area (Å²) in [6.07, 6.45) is 1.18. The normalized spacial score (nSPS) is 23.5. The first kappa shape index (κ1) is 15.3. The van der Waals surface area contributed by atoms with Gasteiger partial charge in [0, 0.05) is 13.1 Å².